The summed E-state index contributed by atoms with van der Waals surface area (Å²) in [6, 6.07) is 7.79. The molecule has 0 amide bonds. The Bertz CT molecular complexity index is 1960. The van der Waals surface area contributed by atoms with Gasteiger partial charge in [-0.15, -0.1) is 5.11 Å². The van der Waals surface area contributed by atoms with Gasteiger partial charge in [0.1, 0.15) is 5.69 Å². The SMILES string of the molecule is CC(C)(C)C1=CC(=CN=Nc2cc(Br)c(-c3cc(Br)c(N=NC=C4C=C(C(C)(C)C)C(=O)C(C(C)(C)C)=C4)c(Br)c3)c(Br)c2)C=C(C(C)(C)C)C1=O. The molecule has 10 heteroatoms. The zero-order valence-corrected chi connectivity index (χ0v) is 38.2. The summed E-state index contributed by atoms with van der Waals surface area (Å²) in [7, 11) is 0. The van der Waals surface area contributed by atoms with Gasteiger partial charge in [0.25, 0.3) is 0 Å². The second kappa shape index (κ2) is 15.6. The van der Waals surface area contributed by atoms with Gasteiger partial charge in [0.05, 0.1) is 18.1 Å². The zero-order chi connectivity index (χ0) is 39.1. The molecule has 0 atom stereocenters. The van der Waals surface area contributed by atoms with Gasteiger partial charge in [0.15, 0.2) is 11.6 Å². The number of rotatable bonds is 5. The van der Waals surface area contributed by atoms with Gasteiger partial charge in [0.2, 0.25) is 0 Å². The van der Waals surface area contributed by atoms with E-state index >= 15 is 0 Å². The van der Waals surface area contributed by atoms with E-state index in [1.54, 1.807) is 12.4 Å². The monoisotopic (exact) mass is 954 g/mol. The molecule has 0 fully saturated rings. The lowest BCUT2D eigenvalue weighted by Gasteiger charge is -2.31. The molecule has 0 saturated carbocycles. The van der Waals surface area contributed by atoms with Crippen molar-refractivity contribution in [2.24, 2.45) is 42.1 Å². The molecular formula is C42H46Br4N4O2. The Morgan fingerprint density at radius 1 is 0.481 bits per heavy atom. The van der Waals surface area contributed by atoms with Crippen LogP contribution >= 0.6 is 63.7 Å². The molecule has 0 aromatic heterocycles. The van der Waals surface area contributed by atoms with Crippen LogP contribution in [0, 0.1) is 21.7 Å². The fourth-order valence-electron chi connectivity index (χ4n) is 5.69. The van der Waals surface area contributed by atoms with E-state index in [0.717, 1.165) is 62.5 Å². The molecule has 0 N–H and O–H groups in total. The number of halogens is 4. The van der Waals surface area contributed by atoms with Gasteiger partial charge in [-0.3, -0.25) is 9.59 Å². The largest absolute Gasteiger partial charge is 0.289 e. The summed E-state index contributed by atoms with van der Waals surface area (Å²) in [6.45, 7) is 24.6. The number of azo groups is 2. The lowest BCUT2D eigenvalue weighted by molar-refractivity contribution is -0.114. The van der Waals surface area contributed by atoms with Crippen molar-refractivity contribution in [3.05, 3.63) is 112 Å². The Morgan fingerprint density at radius 3 is 1.13 bits per heavy atom. The Balaban J connectivity index is 1.63. The van der Waals surface area contributed by atoms with Crippen molar-refractivity contribution in [3.63, 3.8) is 0 Å². The van der Waals surface area contributed by atoms with Gasteiger partial charge in [-0.25, -0.2) is 0 Å². The summed E-state index contributed by atoms with van der Waals surface area (Å²) in [5.74, 6) is 0.167. The standard InChI is InChI=1S/C42H46Br4N4O2/c1-39(2,3)27-13-23(14-28(37(27)51)40(4,5)6)21-47-49-26-19-31(43)35(32(44)20-26)25-17-33(45)36(34(46)18-25)50-48-22-24-15-29(41(7,8)9)38(52)30(16-24)42(10,11)12/h13-22H,1-12H3. The maximum atomic E-state index is 13.3. The Labute approximate surface area is 342 Å². The Kier molecular flexibility index (Phi) is 12.6. The summed E-state index contributed by atoms with van der Waals surface area (Å²) in [5, 5.41) is 17.8. The van der Waals surface area contributed by atoms with Crippen LogP contribution in [0.15, 0.2) is 133 Å². The fourth-order valence-corrected chi connectivity index (χ4v) is 8.66. The van der Waals surface area contributed by atoms with Crippen molar-refractivity contribution in [3.8, 4) is 11.1 Å². The molecule has 4 rings (SSSR count). The molecule has 0 aliphatic heterocycles. The molecule has 274 valence electrons. The van der Waals surface area contributed by atoms with Gasteiger partial charge >= 0.3 is 0 Å². The number of allylic oxidation sites excluding steroid dienone is 10. The molecule has 0 saturated heterocycles. The molecule has 2 aliphatic rings. The predicted octanol–water partition coefficient (Wildman–Crippen LogP) is 15.4. The molecule has 2 aromatic rings. The maximum Gasteiger partial charge on any atom is 0.186 e. The molecule has 2 aliphatic carbocycles. The summed E-state index contributed by atoms with van der Waals surface area (Å²) in [6.07, 6.45) is 11.1. The van der Waals surface area contributed by atoms with Gasteiger partial charge in [0, 0.05) is 45.7 Å². The Hall–Kier alpha value is -2.66. The smallest absolute Gasteiger partial charge is 0.186 e. The highest BCUT2D eigenvalue weighted by molar-refractivity contribution is 9.11. The third-order valence-electron chi connectivity index (χ3n) is 8.53. The van der Waals surface area contributed by atoms with Crippen LogP contribution < -0.4 is 0 Å². The first-order chi connectivity index (χ1) is 23.8. The van der Waals surface area contributed by atoms with E-state index in [2.05, 4.69) is 84.2 Å². The number of hydrogen-bond acceptors (Lipinski definition) is 6. The number of Topliss-reactive ketones (excluding diaryl/α,β-unsaturated/α-hetero) is 2. The first-order valence-corrected chi connectivity index (χ1v) is 20.1. The van der Waals surface area contributed by atoms with Crippen molar-refractivity contribution in [1.82, 2.24) is 0 Å². The van der Waals surface area contributed by atoms with E-state index in [-0.39, 0.29) is 33.2 Å². The quantitative estimate of drug-likeness (QED) is 0.280. The molecule has 0 unspecified atom stereocenters. The van der Waals surface area contributed by atoms with Gasteiger partial charge in [-0.05, 0) is 119 Å². The number of carbonyl (C=O) groups excluding carboxylic acids is 2. The molecule has 6 nitrogen and oxygen atoms in total. The summed E-state index contributed by atoms with van der Waals surface area (Å²) < 4.78 is 3.15. The number of ketones is 2. The maximum absolute atomic E-state index is 13.3. The average molecular weight is 958 g/mol. The third-order valence-corrected chi connectivity index (χ3v) is 11.0. The van der Waals surface area contributed by atoms with Crippen molar-refractivity contribution in [1.29, 1.82) is 0 Å². The van der Waals surface area contributed by atoms with E-state index < -0.39 is 0 Å². The zero-order valence-electron chi connectivity index (χ0n) is 31.9. The van der Waals surface area contributed by atoms with Crippen molar-refractivity contribution >= 4 is 86.7 Å². The van der Waals surface area contributed by atoms with E-state index in [1.165, 1.54) is 0 Å². The molecule has 0 heterocycles. The highest BCUT2D eigenvalue weighted by atomic mass is 79.9. The number of carbonyl (C=O) groups is 2. The molecule has 0 spiro atoms. The van der Waals surface area contributed by atoms with Crippen LogP contribution in [-0.4, -0.2) is 11.6 Å². The van der Waals surface area contributed by atoms with Crippen LogP contribution in [0.5, 0.6) is 0 Å². The third kappa shape index (κ3) is 9.90. The normalized spacial score (nSPS) is 16.4. The second-order valence-corrected chi connectivity index (χ2v) is 20.6. The fraction of sp³-hybridized carbons (Fsp3) is 0.381. The molecule has 0 bridgehead atoms. The van der Waals surface area contributed by atoms with Crippen LogP contribution in [0.2, 0.25) is 0 Å². The molecule has 52 heavy (non-hydrogen) atoms. The molecular weight excluding hydrogens is 912 g/mol. The highest BCUT2D eigenvalue weighted by Gasteiger charge is 2.35. The molecule has 2 aromatic carbocycles. The highest BCUT2D eigenvalue weighted by Crippen LogP contribution is 2.45. The van der Waals surface area contributed by atoms with Gasteiger partial charge in [-0.1, -0.05) is 115 Å². The van der Waals surface area contributed by atoms with Crippen LogP contribution in [0.25, 0.3) is 11.1 Å². The number of hydrogen-bond donors (Lipinski definition) is 0. The predicted molar refractivity (Wildman–Crippen MR) is 228 cm³/mol. The first kappa shape index (κ1) is 42.1. The minimum absolute atomic E-state index is 0.0818. The number of nitrogens with zero attached hydrogens (tertiary/aromatic N) is 4. The van der Waals surface area contributed by atoms with Crippen molar-refractivity contribution in [2.45, 2.75) is 83.1 Å². The van der Waals surface area contributed by atoms with Gasteiger partial charge in [-0.2, -0.15) is 15.3 Å². The second-order valence-electron chi connectivity index (χ2n) is 17.2. The van der Waals surface area contributed by atoms with Crippen LogP contribution in [-0.2, 0) is 9.59 Å². The van der Waals surface area contributed by atoms with Crippen molar-refractivity contribution in [2.75, 3.05) is 0 Å². The Morgan fingerprint density at radius 2 is 0.808 bits per heavy atom. The minimum atomic E-state index is -0.305. The minimum Gasteiger partial charge on any atom is -0.289 e. The van der Waals surface area contributed by atoms with E-state index in [9.17, 15) is 9.59 Å². The lowest BCUT2D eigenvalue weighted by Crippen LogP contribution is -2.27. The van der Waals surface area contributed by atoms with E-state index in [0.29, 0.717) is 11.4 Å². The van der Waals surface area contributed by atoms with Crippen LogP contribution in [0.3, 0.4) is 0 Å². The molecule has 0 radical (unpaired) electrons. The van der Waals surface area contributed by atoms with E-state index in [4.69, 9.17) is 0 Å². The summed E-state index contributed by atoms with van der Waals surface area (Å²) in [4.78, 5) is 26.6. The van der Waals surface area contributed by atoms with E-state index in [1.807, 2.05) is 132 Å². The summed E-state index contributed by atoms with van der Waals surface area (Å²) in [5.41, 5.74) is 6.64. The van der Waals surface area contributed by atoms with Crippen molar-refractivity contribution < 1.29 is 9.59 Å². The first-order valence-electron chi connectivity index (χ1n) is 17.0. The lowest BCUT2D eigenvalue weighted by atomic mass is 9.72. The van der Waals surface area contributed by atoms with Crippen LogP contribution in [0.1, 0.15) is 83.1 Å². The van der Waals surface area contributed by atoms with Gasteiger partial charge < -0.3 is 0 Å². The number of benzene rings is 2. The summed E-state index contributed by atoms with van der Waals surface area (Å²) >= 11 is 14.9. The average Bonchev–Trinajstić information content (AvgIpc) is 2.97. The topological polar surface area (TPSA) is 83.6 Å². The van der Waals surface area contributed by atoms with Crippen LogP contribution in [0.4, 0.5) is 11.4 Å².